The van der Waals surface area contributed by atoms with E-state index in [1.54, 1.807) is 0 Å². The molecule has 24 heavy (non-hydrogen) atoms. The lowest BCUT2D eigenvalue weighted by molar-refractivity contribution is 1.44. The van der Waals surface area contributed by atoms with Crippen molar-refractivity contribution in [3.05, 3.63) is 77.3 Å². The highest BCUT2D eigenvalue weighted by molar-refractivity contribution is 9.10. The van der Waals surface area contributed by atoms with Crippen LogP contribution in [0, 0.1) is 0 Å². The molecule has 3 heteroatoms. The Morgan fingerprint density at radius 2 is 1.50 bits per heavy atom. The summed E-state index contributed by atoms with van der Waals surface area (Å²) >= 11 is 5.41. The van der Waals surface area contributed by atoms with Gasteiger partial charge in [0.15, 0.2) is 0 Å². The van der Waals surface area contributed by atoms with Crippen molar-refractivity contribution in [1.29, 1.82) is 0 Å². The van der Waals surface area contributed by atoms with Crippen LogP contribution in [0.3, 0.4) is 0 Å². The van der Waals surface area contributed by atoms with E-state index in [1.165, 1.54) is 25.6 Å². The van der Waals surface area contributed by atoms with Gasteiger partial charge in [0.2, 0.25) is 0 Å². The molecule has 0 atom stereocenters. The zero-order valence-electron chi connectivity index (χ0n) is 12.7. The maximum Gasteiger partial charge on any atom is 0.0902 e. The van der Waals surface area contributed by atoms with E-state index in [2.05, 4.69) is 82.7 Å². The molecule has 0 spiro atoms. The topological polar surface area (TPSA) is 12.9 Å². The summed E-state index contributed by atoms with van der Waals surface area (Å²) < 4.78 is 3.63. The van der Waals surface area contributed by atoms with Gasteiger partial charge in [-0.2, -0.15) is 0 Å². The molecule has 3 aromatic carbocycles. The lowest BCUT2D eigenvalue weighted by Gasteiger charge is -2.08. The molecule has 0 aliphatic carbocycles. The summed E-state index contributed by atoms with van der Waals surface area (Å²) in [5, 5.41) is 3.72. The van der Waals surface area contributed by atoms with Crippen LogP contribution in [0.1, 0.15) is 0 Å². The quantitative estimate of drug-likeness (QED) is 0.299. The zero-order valence-corrected chi connectivity index (χ0v) is 15.1. The Labute approximate surface area is 151 Å². The van der Waals surface area contributed by atoms with E-state index in [0.717, 1.165) is 21.2 Å². The molecule has 0 unspecified atom stereocenters. The van der Waals surface area contributed by atoms with E-state index in [4.69, 9.17) is 4.98 Å². The number of pyridine rings is 1. The minimum Gasteiger partial charge on any atom is -0.246 e. The third-order valence-electron chi connectivity index (χ3n) is 4.32. The Kier molecular flexibility index (Phi) is 3.18. The Hall–Kier alpha value is -2.23. The van der Waals surface area contributed by atoms with Crippen LogP contribution in [0.25, 0.3) is 42.3 Å². The SMILES string of the molecule is Brc1cccc(-c2nc3c4ccccc4sc3c3ccccc23)c1. The molecule has 5 aromatic rings. The van der Waals surface area contributed by atoms with E-state index in [1.807, 2.05) is 17.4 Å². The van der Waals surface area contributed by atoms with Crippen LogP contribution in [0.4, 0.5) is 0 Å². The molecule has 2 heterocycles. The fourth-order valence-corrected chi connectivity index (χ4v) is 4.82. The van der Waals surface area contributed by atoms with Crippen molar-refractivity contribution < 1.29 is 0 Å². The minimum absolute atomic E-state index is 1.04. The highest BCUT2D eigenvalue weighted by Gasteiger charge is 2.14. The zero-order chi connectivity index (χ0) is 16.1. The van der Waals surface area contributed by atoms with Crippen LogP contribution in [0.5, 0.6) is 0 Å². The number of rotatable bonds is 1. The molecule has 0 amide bonds. The van der Waals surface area contributed by atoms with Gasteiger partial charge in [-0.3, -0.25) is 0 Å². The summed E-state index contributed by atoms with van der Waals surface area (Å²) in [6.45, 7) is 0. The molecular weight excluding hydrogens is 378 g/mol. The molecule has 0 fully saturated rings. The molecule has 0 aliphatic rings. The number of fused-ring (bicyclic) bond motifs is 5. The minimum atomic E-state index is 1.04. The largest absolute Gasteiger partial charge is 0.246 e. The predicted molar refractivity (Wildman–Crippen MR) is 108 cm³/mol. The smallest absolute Gasteiger partial charge is 0.0902 e. The number of benzene rings is 3. The Bertz CT molecular complexity index is 1220. The van der Waals surface area contributed by atoms with Crippen molar-refractivity contribution in [2.24, 2.45) is 0 Å². The molecule has 2 aromatic heterocycles. The van der Waals surface area contributed by atoms with Gasteiger partial charge in [-0.15, -0.1) is 11.3 Å². The fourth-order valence-electron chi connectivity index (χ4n) is 3.24. The number of hydrogen-bond acceptors (Lipinski definition) is 2. The Morgan fingerprint density at radius 1 is 0.750 bits per heavy atom. The number of halogens is 1. The fraction of sp³-hybridized carbons (Fsp3) is 0. The van der Waals surface area contributed by atoms with Gasteiger partial charge >= 0.3 is 0 Å². The van der Waals surface area contributed by atoms with Crippen LogP contribution in [-0.4, -0.2) is 4.98 Å². The average molecular weight is 390 g/mol. The van der Waals surface area contributed by atoms with Gasteiger partial charge in [0.05, 0.1) is 15.9 Å². The van der Waals surface area contributed by atoms with Gasteiger partial charge in [0.1, 0.15) is 0 Å². The van der Waals surface area contributed by atoms with Crippen LogP contribution < -0.4 is 0 Å². The van der Waals surface area contributed by atoms with Crippen molar-refractivity contribution >= 4 is 58.3 Å². The second-order valence-corrected chi connectivity index (χ2v) is 7.76. The Balaban J connectivity index is 2.00. The van der Waals surface area contributed by atoms with E-state index in [9.17, 15) is 0 Å². The molecule has 0 radical (unpaired) electrons. The van der Waals surface area contributed by atoms with Gasteiger partial charge in [0.25, 0.3) is 0 Å². The number of nitrogens with zero attached hydrogens (tertiary/aromatic N) is 1. The first-order chi connectivity index (χ1) is 11.8. The molecule has 0 saturated carbocycles. The van der Waals surface area contributed by atoms with Gasteiger partial charge in [-0.25, -0.2) is 4.98 Å². The number of hydrogen-bond donors (Lipinski definition) is 0. The summed E-state index contributed by atoms with van der Waals surface area (Å²) in [6, 6.07) is 25.5. The average Bonchev–Trinajstić information content (AvgIpc) is 3.00. The van der Waals surface area contributed by atoms with E-state index in [-0.39, 0.29) is 0 Å². The molecule has 0 bridgehead atoms. The van der Waals surface area contributed by atoms with Gasteiger partial charge in [-0.1, -0.05) is 70.5 Å². The highest BCUT2D eigenvalue weighted by Crippen LogP contribution is 2.40. The maximum absolute atomic E-state index is 5.09. The summed E-state index contributed by atoms with van der Waals surface area (Å²) in [4.78, 5) is 5.09. The molecule has 0 aliphatic heterocycles. The maximum atomic E-state index is 5.09. The van der Waals surface area contributed by atoms with Crippen LogP contribution in [0.15, 0.2) is 77.3 Å². The van der Waals surface area contributed by atoms with Crippen LogP contribution in [0.2, 0.25) is 0 Å². The molecule has 5 rings (SSSR count). The van der Waals surface area contributed by atoms with Crippen molar-refractivity contribution in [2.45, 2.75) is 0 Å². The predicted octanol–water partition coefficient (Wildman–Crippen LogP) is 7.03. The van der Waals surface area contributed by atoms with E-state index >= 15 is 0 Å². The number of thiophene rings is 1. The monoisotopic (exact) mass is 389 g/mol. The molecule has 0 N–H and O–H groups in total. The van der Waals surface area contributed by atoms with Crippen molar-refractivity contribution in [2.75, 3.05) is 0 Å². The third-order valence-corrected chi connectivity index (χ3v) is 6.00. The summed E-state index contributed by atoms with van der Waals surface area (Å²) in [7, 11) is 0. The third kappa shape index (κ3) is 2.09. The summed E-state index contributed by atoms with van der Waals surface area (Å²) in [5.74, 6) is 0. The normalized spacial score (nSPS) is 11.5. The Morgan fingerprint density at radius 3 is 2.33 bits per heavy atom. The van der Waals surface area contributed by atoms with Crippen LogP contribution in [-0.2, 0) is 0 Å². The van der Waals surface area contributed by atoms with Gasteiger partial charge in [-0.05, 0) is 18.2 Å². The second kappa shape index (κ2) is 5.40. The standard InChI is InChI=1S/C21H12BrNS/c22-14-7-5-6-13(12-14)19-15-8-1-2-9-16(15)21-20(23-19)17-10-3-4-11-18(17)24-21/h1-12H. The molecule has 0 saturated heterocycles. The first kappa shape index (κ1) is 14.1. The van der Waals surface area contributed by atoms with E-state index < -0.39 is 0 Å². The van der Waals surface area contributed by atoms with Gasteiger partial charge < -0.3 is 0 Å². The first-order valence-electron chi connectivity index (χ1n) is 7.77. The van der Waals surface area contributed by atoms with E-state index in [0.29, 0.717) is 0 Å². The summed E-state index contributed by atoms with van der Waals surface area (Å²) in [6.07, 6.45) is 0. The van der Waals surface area contributed by atoms with Crippen molar-refractivity contribution in [3.63, 3.8) is 0 Å². The summed E-state index contributed by atoms with van der Waals surface area (Å²) in [5.41, 5.74) is 3.28. The lowest BCUT2D eigenvalue weighted by Crippen LogP contribution is -1.87. The second-order valence-electron chi connectivity index (χ2n) is 5.79. The highest BCUT2D eigenvalue weighted by atomic mass is 79.9. The van der Waals surface area contributed by atoms with Crippen molar-refractivity contribution in [1.82, 2.24) is 4.98 Å². The first-order valence-corrected chi connectivity index (χ1v) is 9.38. The van der Waals surface area contributed by atoms with Crippen molar-refractivity contribution in [3.8, 4) is 11.3 Å². The molecule has 114 valence electrons. The number of aromatic nitrogens is 1. The lowest BCUT2D eigenvalue weighted by atomic mass is 10.0. The molecular formula is C21H12BrNS. The van der Waals surface area contributed by atoms with Gasteiger partial charge in [0, 0.05) is 30.9 Å². The molecule has 1 nitrogen and oxygen atoms in total. The van der Waals surface area contributed by atoms with Crippen LogP contribution >= 0.6 is 27.3 Å².